The summed E-state index contributed by atoms with van der Waals surface area (Å²) in [4.78, 5) is 4.07. The van der Waals surface area contributed by atoms with Gasteiger partial charge in [-0.1, -0.05) is 5.22 Å². The van der Waals surface area contributed by atoms with Gasteiger partial charge in [0, 0.05) is 12.8 Å². The molecular weight excluding hydrogens is 118 g/mol. The van der Waals surface area contributed by atoms with Crippen LogP contribution in [0.5, 0.6) is 0 Å². The lowest BCUT2D eigenvalue weighted by Gasteiger charge is -2.19. The number of hydrogen-bond acceptors (Lipinski definition) is 5. The summed E-state index contributed by atoms with van der Waals surface area (Å²) in [6.45, 7) is 0.946. The minimum Gasteiger partial charge on any atom is -0.253 e. The molecule has 1 atom stereocenters. The molecule has 2 rings (SSSR count). The summed E-state index contributed by atoms with van der Waals surface area (Å²) in [7, 11) is 0. The number of nitrogens with zero attached hydrogens (tertiary/aromatic N) is 4. The minimum absolute atomic E-state index is 0.0845. The van der Waals surface area contributed by atoms with Crippen LogP contribution < -0.4 is 5.53 Å². The number of hydrazine groups is 1. The highest BCUT2D eigenvalue weighted by Crippen LogP contribution is 2.09. The highest BCUT2D eigenvalue weighted by Gasteiger charge is 2.22. The molecule has 0 spiro atoms. The first kappa shape index (κ1) is 4.87. The summed E-state index contributed by atoms with van der Waals surface area (Å²) < 4.78 is 0. The zero-order valence-electron chi connectivity index (χ0n) is 4.86. The van der Waals surface area contributed by atoms with Crippen molar-refractivity contribution in [3.8, 4) is 0 Å². The zero-order valence-corrected chi connectivity index (χ0v) is 4.86. The van der Waals surface area contributed by atoms with E-state index in [4.69, 9.17) is 0 Å². The van der Waals surface area contributed by atoms with E-state index in [0.29, 0.717) is 0 Å². The molecule has 1 unspecified atom stereocenters. The molecule has 0 bridgehead atoms. The maximum Gasteiger partial charge on any atom is 0.235 e. The van der Waals surface area contributed by atoms with Gasteiger partial charge in [-0.25, -0.2) is 5.53 Å². The van der Waals surface area contributed by atoms with E-state index in [9.17, 15) is 0 Å². The van der Waals surface area contributed by atoms with Gasteiger partial charge >= 0.3 is 0 Å². The third-order valence-corrected chi connectivity index (χ3v) is 1.35. The normalized spacial score (nSPS) is 32.2. The van der Waals surface area contributed by atoms with Crippen molar-refractivity contribution >= 4 is 6.21 Å². The Bertz CT molecular complexity index is 162. The third kappa shape index (κ3) is 0.692. The largest absolute Gasteiger partial charge is 0.253 e. The molecule has 0 aromatic carbocycles. The molecule has 5 heteroatoms. The van der Waals surface area contributed by atoms with Crippen molar-refractivity contribution < 1.29 is 0 Å². The van der Waals surface area contributed by atoms with Crippen LogP contribution in [0.3, 0.4) is 0 Å². The highest BCUT2D eigenvalue weighted by atomic mass is 15.8. The number of rotatable bonds is 0. The average molecular weight is 125 g/mol. The van der Waals surface area contributed by atoms with Crippen molar-refractivity contribution in [2.24, 2.45) is 15.3 Å². The van der Waals surface area contributed by atoms with Crippen LogP contribution in [0.4, 0.5) is 0 Å². The summed E-state index contributed by atoms with van der Waals surface area (Å²) in [5.41, 5.74) is 2.74. The smallest absolute Gasteiger partial charge is 0.235 e. The van der Waals surface area contributed by atoms with E-state index in [0.717, 1.165) is 13.0 Å². The average Bonchev–Trinajstić information content (AvgIpc) is 2.33. The lowest BCUT2D eigenvalue weighted by Crippen LogP contribution is -2.39. The Morgan fingerprint density at radius 1 is 1.67 bits per heavy atom. The lowest BCUT2D eigenvalue weighted by molar-refractivity contribution is 0.175. The van der Waals surface area contributed by atoms with Crippen molar-refractivity contribution in [3.63, 3.8) is 0 Å². The first-order valence-electron chi connectivity index (χ1n) is 2.90. The van der Waals surface area contributed by atoms with Gasteiger partial charge in [-0.2, -0.15) is 5.01 Å². The zero-order chi connectivity index (χ0) is 6.10. The SMILES string of the molecule is C1=NC2N=NNN2CC1. The molecule has 0 radical (unpaired) electrons. The minimum atomic E-state index is -0.0845. The molecule has 9 heavy (non-hydrogen) atoms. The van der Waals surface area contributed by atoms with Gasteiger partial charge in [0.05, 0.1) is 0 Å². The first-order chi connectivity index (χ1) is 4.47. The van der Waals surface area contributed by atoms with Crippen molar-refractivity contribution in [1.29, 1.82) is 0 Å². The summed E-state index contributed by atoms with van der Waals surface area (Å²) in [6.07, 6.45) is 2.78. The van der Waals surface area contributed by atoms with E-state index in [2.05, 4.69) is 20.9 Å². The van der Waals surface area contributed by atoms with Crippen LogP contribution in [-0.4, -0.2) is 24.1 Å². The Hall–Kier alpha value is -0.970. The molecule has 1 N–H and O–H groups in total. The lowest BCUT2D eigenvalue weighted by atomic mass is 10.4. The molecule has 2 heterocycles. The van der Waals surface area contributed by atoms with E-state index in [-0.39, 0.29) is 6.29 Å². The Morgan fingerprint density at radius 2 is 2.67 bits per heavy atom. The molecular formula is C4H7N5. The summed E-state index contributed by atoms with van der Waals surface area (Å²) in [5, 5.41) is 9.30. The van der Waals surface area contributed by atoms with Crippen LogP contribution in [0.1, 0.15) is 6.42 Å². The molecule has 0 saturated heterocycles. The molecule has 0 aromatic heterocycles. The van der Waals surface area contributed by atoms with Crippen LogP contribution in [-0.2, 0) is 0 Å². The standard InChI is InChI=1S/C4H7N5/c1-2-5-4-6-7-8-9(4)3-1/h2,4H,1,3H2,(H,6,8). The summed E-state index contributed by atoms with van der Waals surface area (Å²) >= 11 is 0. The molecule has 2 aliphatic heterocycles. The van der Waals surface area contributed by atoms with E-state index in [1.54, 1.807) is 0 Å². The molecule has 48 valence electrons. The van der Waals surface area contributed by atoms with Crippen molar-refractivity contribution in [3.05, 3.63) is 0 Å². The van der Waals surface area contributed by atoms with Gasteiger partial charge in [-0.15, -0.1) is 5.11 Å². The fourth-order valence-corrected chi connectivity index (χ4v) is 0.890. The second-order valence-electron chi connectivity index (χ2n) is 1.98. The molecule has 5 nitrogen and oxygen atoms in total. The second kappa shape index (κ2) is 1.77. The monoisotopic (exact) mass is 125 g/mol. The van der Waals surface area contributed by atoms with Crippen molar-refractivity contribution in [2.45, 2.75) is 12.7 Å². The van der Waals surface area contributed by atoms with Gasteiger partial charge in [0.25, 0.3) is 0 Å². The van der Waals surface area contributed by atoms with Crippen molar-refractivity contribution in [2.75, 3.05) is 6.54 Å². The quantitative estimate of drug-likeness (QED) is 0.492. The van der Waals surface area contributed by atoms with Crippen LogP contribution in [0.2, 0.25) is 0 Å². The summed E-state index contributed by atoms with van der Waals surface area (Å²) in [5.74, 6) is 0. The Labute approximate surface area is 52.4 Å². The Morgan fingerprint density at radius 3 is 3.56 bits per heavy atom. The van der Waals surface area contributed by atoms with Gasteiger partial charge < -0.3 is 0 Å². The Kier molecular flexibility index (Phi) is 0.955. The molecule has 2 aliphatic rings. The topological polar surface area (TPSA) is 52.4 Å². The van der Waals surface area contributed by atoms with Gasteiger partial charge in [0.15, 0.2) is 0 Å². The van der Waals surface area contributed by atoms with Crippen molar-refractivity contribution in [1.82, 2.24) is 10.5 Å². The van der Waals surface area contributed by atoms with E-state index >= 15 is 0 Å². The molecule has 0 fully saturated rings. The maximum atomic E-state index is 4.07. The van der Waals surface area contributed by atoms with E-state index in [1.807, 2.05) is 11.2 Å². The predicted molar refractivity (Wildman–Crippen MR) is 31.6 cm³/mol. The van der Waals surface area contributed by atoms with Crippen LogP contribution in [0.15, 0.2) is 15.3 Å². The summed E-state index contributed by atoms with van der Waals surface area (Å²) in [6, 6.07) is 0. The maximum absolute atomic E-state index is 4.07. The van der Waals surface area contributed by atoms with Gasteiger partial charge in [-0.3, -0.25) is 4.99 Å². The molecule has 0 saturated carbocycles. The number of aliphatic imine (C=N–C) groups is 1. The third-order valence-electron chi connectivity index (χ3n) is 1.35. The molecule has 0 amide bonds. The van der Waals surface area contributed by atoms with Gasteiger partial charge in [-0.05, 0) is 6.42 Å². The van der Waals surface area contributed by atoms with E-state index in [1.165, 1.54) is 0 Å². The highest BCUT2D eigenvalue weighted by molar-refractivity contribution is 5.58. The predicted octanol–water partition coefficient (Wildman–Crippen LogP) is -0.0681. The van der Waals surface area contributed by atoms with Crippen LogP contribution in [0, 0.1) is 0 Å². The number of fused-ring (bicyclic) bond motifs is 1. The van der Waals surface area contributed by atoms with E-state index < -0.39 is 0 Å². The second-order valence-corrected chi connectivity index (χ2v) is 1.98. The Balaban J connectivity index is 2.17. The molecule has 0 aromatic rings. The fourth-order valence-electron chi connectivity index (χ4n) is 0.890. The number of hydrogen-bond donors (Lipinski definition) is 1. The molecule has 0 aliphatic carbocycles. The van der Waals surface area contributed by atoms with Crippen LogP contribution in [0.25, 0.3) is 0 Å². The number of nitrogens with one attached hydrogen (secondary N) is 1. The first-order valence-corrected chi connectivity index (χ1v) is 2.90. The van der Waals surface area contributed by atoms with Crippen LogP contribution >= 0.6 is 0 Å². The van der Waals surface area contributed by atoms with Gasteiger partial charge in [0.1, 0.15) is 0 Å². The van der Waals surface area contributed by atoms with Gasteiger partial charge in [0.2, 0.25) is 6.29 Å². The fraction of sp³-hybridized carbons (Fsp3) is 0.750.